The Bertz CT molecular complexity index is 1160. The van der Waals surface area contributed by atoms with Gasteiger partial charge in [0.25, 0.3) is 0 Å². The Hall–Kier alpha value is -2.39. The van der Waals surface area contributed by atoms with Gasteiger partial charge in [0.05, 0.1) is 36.9 Å². The van der Waals surface area contributed by atoms with Crippen molar-refractivity contribution in [2.75, 3.05) is 39.8 Å². The zero-order valence-corrected chi connectivity index (χ0v) is 24.0. The average Bonchev–Trinajstić information content (AvgIpc) is 3.39. The van der Waals surface area contributed by atoms with E-state index in [9.17, 15) is 10.1 Å². The first-order chi connectivity index (χ1) is 19.9. The van der Waals surface area contributed by atoms with Crippen LogP contribution in [-0.2, 0) is 20.7 Å². The number of nitrogens with zero attached hydrogens (tertiary/aromatic N) is 4. The normalized spacial score (nSPS) is 37.8. The quantitative estimate of drug-likeness (QED) is 0.508. The molecule has 1 aliphatic carbocycles. The Morgan fingerprint density at radius 2 is 2.12 bits per heavy atom. The molecule has 10 heteroatoms. The van der Waals surface area contributed by atoms with Gasteiger partial charge < -0.3 is 19.3 Å². The van der Waals surface area contributed by atoms with E-state index in [0.717, 1.165) is 31.4 Å². The summed E-state index contributed by atoms with van der Waals surface area (Å²) in [6.45, 7) is 7.22. The molecule has 7 unspecified atom stereocenters. The van der Waals surface area contributed by atoms with Gasteiger partial charge in [-0.1, -0.05) is 30.8 Å². The lowest BCUT2D eigenvalue weighted by molar-refractivity contribution is -0.198. The van der Waals surface area contributed by atoms with Crippen LogP contribution in [-0.4, -0.2) is 96.7 Å². The smallest absolute Gasteiger partial charge is 0.246 e. The van der Waals surface area contributed by atoms with Crippen molar-refractivity contribution in [3.8, 4) is 6.07 Å². The summed E-state index contributed by atoms with van der Waals surface area (Å²) in [5.74, 6) is 0.121. The van der Waals surface area contributed by atoms with Crippen LogP contribution in [0.2, 0.25) is 0 Å². The molecule has 222 valence electrons. The number of carbonyl (C=O) groups excluding carboxylic acids is 1. The number of nitriles is 1. The fourth-order valence-corrected chi connectivity index (χ4v) is 7.91. The number of halogens is 1. The van der Waals surface area contributed by atoms with Gasteiger partial charge in [-0.2, -0.15) is 5.26 Å². The molecule has 1 aromatic carbocycles. The van der Waals surface area contributed by atoms with Crippen LogP contribution in [0.15, 0.2) is 36.9 Å². The van der Waals surface area contributed by atoms with Gasteiger partial charge in [0.2, 0.25) is 12.3 Å². The zero-order chi connectivity index (χ0) is 28.6. The van der Waals surface area contributed by atoms with Crippen molar-refractivity contribution >= 4 is 5.91 Å². The van der Waals surface area contributed by atoms with E-state index in [4.69, 9.17) is 9.47 Å². The van der Waals surface area contributed by atoms with Gasteiger partial charge in [-0.25, -0.2) is 4.39 Å². The van der Waals surface area contributed by atoms with E-state index in [1.165, 1.54) is 12.5 Å². The number of hydrogen-bond donors (Lipinski definition) is 2. The minimum absolute atomic E-state index is 0.00383. The highest BCUT2D eigenvalue weighted by molar-refractivity contribution is 5.87. The first-order valence-corrected chi connectivity index (χ1v) is 15.2. The van der Waals surface area contributed by atoms with Crippen LogP contribution in [0.1, 0.15) is 56.0 Å². The molecule has 1 saturated carbocycles. The van der Waals surface area contributed by atoms with E-state index in [0.29, 0.717) is 50.7 Å². The molecule has 1 amide bonds. The Labute approximate surface area is 242 Å². The molecule has 0 aromatic heterocycles. The third kappa shape index (κ3) is 5.81. The van der Waals surface area contributed by atoms with E-state index in [-0.39, 0.29) is 42.8 Å². The van der Waals surface area contributed by atoms with Crippen LogP contribution in [0.25, 0.3) is 0 Å². The SMILES string of the molecule is C=CC(=O)N1CCN(C2NC(OCC3CCCN3C)NC3C[C@]4(CCC32)Cc2ccccc2C(F)O4)CC1CC#N. The number of likely N-dealkylation sites (N-methyl/N-ethyl adjacent to an activating group) is 1. The number of likely N-dealkylation sites (tertiary alicyclic amines) is 1. The molecule has 8 atom stereocenters. The minimum Gasteiger partial charge on any atom is -0.348 e. The summed E-state index contributed by atoms with van der Waals surface area (Å²) >= 11 is 0. The highest BCUT2D eigenvalue weighted by atomic mass is 19.1. The molecule has 4 heterocycles. The van der Waals surface area contributed by atoms with Crippen molar-refractivity contribution in [1.29, 1.82) is 5.26 Å². The molecule has 0 radical (unpaired) electrons. The number of fused-ring (bicyclic) bond motifs is 2. The second kappa shape index (κ2) is 12.1. The van der Waals surface area contributed by atoms with Crippen LogP contribution in [0.4, 0.5) is 4.39 Å². The Kier molecular flexibility index (Phi) is 8.46. The molecule has 1 spiro atoms. The summed E-state index contributed by atoms with van der Waals surface area (Å²) in [5.41, 5.74) is 1.13. The molecule has 1 aromatic rings. The zero-order valence-electron chi connectivity index (χ0n) is 24.0. The molecular weight excluding hydrogens is 523 g/mol. The lowest BCUT2D eigenvalue weighted by Gasteiger charge is -2.56. The van der Waals surface area contributed by atoms with Gasteiger partial charge in [-0.3, -0.25) is 20.3 Å². The fraction of sp³-hybridized carbons (Fsp3) is 0.677. The molecule has 0 bridgehead atoms. The van der Waals surface area contributed by atoms with Crippen LogP contribution in [0.5, 0.6) is 0 Å². The second-order valence-electron chi connectivity index (χ2n) is 12.5. The average molecular weight is 567 g/mol. The van der Waals surface area contributed by atoms with Crippen LogP contribution < -0.4 is 10.6 Å². The number of ether oxygens (including phenoxy) is 2. The van der Waals surface area contributed by atoms with E-state index in [2.05, 4.69) is 40.1 Å². The summed E-state index contributed by atoms with van der Waals surface area (Å²) < 4.78 is 28.0. The largest absolute Gasteiger partial charge is 0.348 e. The first kappa shape index (κ1) is 28.7. The van der Waals surface area contributed by atoms with E-state index >= 15 is 4.39 Å². The second-order valence-corrected chi connectivity index (χ2v) is 12.5. The molecule has 5 aliphatic rings. The van der Waals surface area contributed by atoms with E-state index in [1.54, 1.807) is 4.90 Å². The number of amides is 1. The molecular formula is C31H43FN6O3. The number of carbonyl (C=O) groups is 1. The monoisotopic (exact) mass is 566 g/mol. The van der Waals surface area contributed by atoms with Gasteiger partial charge in [-0.15, -0.1) is 0 Å². The van der Waals surface area contributed by atoms with Crippen molar-refractivity contribution in [1.82, 2.24) is 25.3 Å². The van der Waals surface area contributed by atoms with Crippen molar-refractivity contribution in [3.63, 3.8) is 0 Å². The summed E-state index contributed by atoms with van der Waals surface area (Å²) in [6, 6.07) is 10.3. The predicted octanol–water partition coefficient (Wildman–Crippen LogP) is 2.66. The highest BCUT2D eigenvalue weighted by Crippen LogP contribution is 2.47. The van der Waals surface area contributed by atoms with Crippen molar-refractivity contribution in [3.05, 3.63) is 48.0 Å². The molecule has 3 saturated heterocycles. The molecule has 2 N–H and O–H groups in total. The number of rotatable bonds is 6. The highest BCUT2D eigenvalue weighted by Gasteiger charge is 2.52. The van der Waals surface area contributed by atoms with Gasteiger partial charge in [0.1, 0.15) is 0 Å². The van der Waals surface area contributed by atoms with Gasteiger partial charge in [0.15, 0.2) is 6.35 Å². The molecule has 41 heavy (non-hydrogen) atoms. The first-order valence-electron chi connectivity index (χ1n) is 15.2. The van der Waals surface area contributed by atoms with E-state index < -0.39 is 12.0 Å². The number of benzene rings is 1. The van der Waals surface area contributed by atoms with Crippen molar-refractivity contribution in [2.24, 2.45) is 5.92 Å². The maximum atomic E-state index is 15.3. The van der Waals surface area contributed by atoms with Crippen LogP contribution in [0.3, 0.4) is 0 Å². The Balaban J connectivity index is 1.22. The topological polar surface area (TPSA) is 93.1 Å². The third-order valence-electron chi connectivity index (χ3n) is 10.1. The summed E-state index contributed by atoms with van der Waals surface area (Å²) in [6.07, 6.45) is 5.21. The van der Waals surface area contributed by atoms with Crippen LogP contribution in [0, 0.1) is 17.2 Å². The number of piperazine rings is 1. The maximum absolute atomic E-state index is 15.3. The van der Waals surface area contributed by atoms with Gasteiger partial charge >= 0.3 is 0 Å². The summed E-state index contributed by atoms with van der Waals surface area (Å²) in [7, 11) is 2.15. The van der Waals surface area contributed by atoms with Crippen molar-refractivity contribution in [2.45, 2.75) is 87.5 Å². The van der Waals surface area contributed by atoms with Gasteiger partial charge in [-0.05, 0) is 57.3 Å². The van der Waals surface area contributed by atoms with E-state index in [1.807, 2.05) is 24.3 Å². The molecule has 4 aliphatic heterocycles. The lowest BCUT2D eigenvalue weighted by atomic mass is 9.69. The number of hydrogen-bond acceptors (Lipinski definition) is 8. The standard InChI is InChI=1S/C31H43FN6O3/c1-3-27(39)38-16-15-37(19-22(38)11-13-33)29-25-10-12-31(17-21-7-4-5-9-24(21)28(32)41-31)18-26(25)34-30(35-29)40-20-23-8-6-14-36(23)2/h3-5,7,9,22-23,25-26,28-30,34-35H,1,6,8,10-12,14-20H2,2H3/t22?,23?,25?,26?,28?,29?,30?,31-/m0/s1. The van der Waals surface area contributed by atoms with Crippen molar-refractivity contribution < 1.29 is 18.7 Å². The Morgan fingerprint density at radius 1 is 1.27 bits per heavy atom. The van der Waals surface area contributed by atoms with Crippen LogP contribution >= 0.6 is 0 Å². The van der Waals surface area contributed by atoms with Gasteiger partial charge in [0, 0.05) is 49.6 Å². The summed E-state index contributed by atoms with van der Waals surface area (Å²) in [5, 5.41) is 17.0. The molecule has 4 fully saturated rings. The minimum atomic E-state index is -1.42. The molecule has 9 nitrogen and oxygen atoms in total. The summed E-state index contributed by atoms with van der Waals surface area (Å²) in [4.78, 5) is 19.0. The number of alkyl halides is 1. The maximum Gasteiger partial charge on any atom is 0.246 e. The number of nitrogens with one attached hydrogen (secondary N) is 2. The Morgan fingerprint density at radius 3 is 2.90 bits per heavy atom. The predicted molar refractivity (Wildman–Crippen MR) is 152 cm³/mol. The fourth-order valence-electron chi connectivity index (χ4n) is 7.91. The molecule has 6 rings (SSSR count). The lowest BCUT2D eigenvalue weighted by Crippen LogP contribution is -2.73. The third-order valence-corrected chi connectivity index (χ3v) is 10.1.